The molecule has 39 heavy (non-hydrogen) atoms. The topological polar surface area (TPSA) is 23.6 Å². The van der Waals surface area contributed by atoms with Crippen LogP contribution in [0.25, 0.3) is 0 Å². The average Bonchev–Trinajstić information content (AvgIpc) is 3.12. The summed E-state index contributed by atoms with van der Waals surface area (Å²) in [6, 6.07) is 23.9. The summed E-state index contributed by atoms with van der Waals surface area (Å²) in [4.78, 5) is 18.3. The van der Waals surface area contributed by atoms with E-state index in [9.17, 15) is 4.79 Å². The number of rotatable bonds is 8. The number of halogens is 2. The maximum atomic E-state index is 13.2. The van der Waals surface area contributed by atoms with Gasteiger partial charge in [0, 0.05) is 31.6 Å². The normalized spacial score (nSPS) is 16.5. The molecule has 0 amide bonds. The lowest BCUT2D eigenvalue weighted by atomic mass is 9.89. The number of ketones is 1. The minimum Gasteiger partial charge on any atom is -0.299 e. The summed E-state index contributed by atoms with van der Waals surface area (Å²) in [6.07, 6.45) is 6.39. The molecule has 1 fully saturated rings. The van der Waals surface area contributed by atoms with E-state index >= 15 is 0 Å². The second-order valence-corrected chi connectivity index (χ2v) is 11.3. The Morgan fingerprint density at radius 1 is 0.769 bits per heavy atom. The summed E-state index contributed by atoms with van der Waals surface area (Å²) in [7, 11) is 0. The van der Waals surface area contributed by atoms with Crippen LogP contribution in [0, 0.1) is 19.8 Å². The number of carbonyl (C=O) groups is 1. The molecule has 3 aromatic carbocycles. The number of aryl methyl sites for hydroxylation is 3. The van der Waals surface area contributed by atoms with Gasteiger partial charge in [0.2, 0.25) is 0 Å². The van der Waals surface area contributed by atoms with Gasteiger partial charge in [-0.15, -0.1) is 24.8 Å². The highest BCUT2D eigenvalue weighted by atomic mass is 35.5. The van der Waals surface area contributed by atoms with Gasteiger partial charge in [-0.1, -0.05) is 60.7 Å². The Morgan fingerprint density at radius 2 is 1.38 bits per heavy atom. The molecule has 210 valence electrons. The van der Waals surface area contributed by atoms with E-state index in [0.29, 0.717) is 18.1 Å². The SMILES string of the molecule is Cc1ccccc1CN1CCC(CCC(=O)c2ccc3c(c2)CN(Cc2ccccc2C)CCC3)CC1.Cl.Cl. The first-order valence-electron chi connectivity index (χ1n) is 14.2. The van der Waals surface area contributed by atoms with Crippen molar-refractivity contribution >= 4 is 30.6 Å². The van der Waals surface area contributed by atoms with E-state index in [1.807, 2.05) is 0 Å². The molecular weight excluding hydrogens is 523 g/mol. The maximum Gasteiger partial charge on any atom is 0.162 e. The van der Waals surface area contributed by atoms with Gasteiger partial charge < -0.3 is 0 Å². The van der Waals surface area contributed by atoms with Gasteiger partial charge in [-0.2, -0.15) is 0 Å². The van der Waals surface area contributed by atoms with Crippen LogP contribution in [0.1, 0.15) is 75.8 Å². The molecule has 0 aliphatic carbocycles. The first kappa shape index (κ1) is 31.4. The van der Waals surface area contributed by atoms with Gasteiger partial charge >= 0.3 is 0 Å². The van der Waals surface area contributed by atoms with Crippen LogP contribution in [-0.2, 0) is 26.1 Å². The molecule has 0 radical (unpaired) electrons. The second kappa shape index (κ2) is 15.0. The summed E-state index contributed by atoms with van der Waals surface area (Å²) in [5, 5.41) is 0. The van der Waals surface area contributed by atoms with E-state index < -0.39 is 0 Å². The van der Waals surface area contributed by atoms with Gasteiger partial charge in [-0.25, -0.2) is 0 Å². The van der Waals surface area contributed by atoms with Gasteiger partial charge in [0.15, 0.2) is 5.78 Å². The third-order valence-electron chi connectivity index (χ3n) is 8.64. The Balaban J connectivity index is 0.00000210. The number of likely N-dealkylation sites (tertiary alicyclic amines) is 1. The Kier molecular flexibility index (Phi) is 12.1. The van der Waals surface area contributed by atoms with Gasteiger partial charge in [-0.3, -0.25) is 14.6 Å². The molecule has 3 aromatic rings. The fourth-order valence-electron chi connectivity index (χ4n) is 6.11. The van der Waals surface area contributed by atoms with Gasteiger partial charge in [0.25, 0.3) is 0 Å². The number of Topliss-reactive ketones (excluding diaryl/α,β-unsaturated/α-hetero) is 1. The molecule has 0 spiro atoms. The predicted molar refractivity (Wildman–Crippen MR) is 167 cm³/mol. The zero-order valence-electron chi connectivity index (χ0n) is 23.5. The smallest absolute Gasteiger partial charge is 0.162 e. The van der Waals surface area contributed by atoms with Crippen molar-refractivity contribution in [3.63, 3.8) is 0 Å². The first-order chi connectivity index (χ1) is 18.0. The molecule has 2 aliphatic heterocycles. The highest BCUT2D eigenvalue weighted by Crippen LogP contribution is 2.26. The summed E-state index contributed by atoms with van der Waals surface area (Å²) in [5.74, 6) is 0.988. The van der Waals surface area contributed by atoms with Crippen molar-refractivity contribution in [1.82, 2.24) is 9.80 Å². The summed E-state index contributed by atoms with van der Waals surface area (Å²) < 4.78 is 0. The largest absolute Gasteiger partial charge is 0.299 e. The van der Waals surface area contributed by atoms with E-state index in [1.54, 1.807) is 0 Å². The molecule has 2 aliphatic rings. The molecule has 5 heteroatoms. The Bertz CT molecular complexity index is 1220. The predicted octanol–water partition coefficient (Wildman–Crippen LogP) is 7.97. The number of fused-ring (bicyclic) bond motifs is 1. The summed E-state index contributed by atoms with van der Waals surface area (Å²) >= 11 is 0. The molecule has 5 rings (SSSR count). The van der Waals surface area contributed by atoms with Gasteiger partial charge in [0.1, 0.15) is 0 Å². The Morgan fingerprint density at radius 3 is 2.03 bits per heavy atom. The van der Waals surface area contributed by atoms with E-state index in [0.717, 1.165) is 57.7 Å². The fraction of sp³-hybridized carbons (Fsp3) is 0.441. The minimum absolute atomic E-state index is 0. The fourth-order valence-corrected chi connectivity index (χ4v) is 6.11. The summed E-state index contributed by atoms with van der Waals surface area (Å²) in [5.41, 5.74) is 9.27. The van der Waals surface area contributed by atoms with E-state index in [2.05, 4.69) is 90.4 Å². The van der Waals surface area contributed by atoms with Crippen LogP contribution >= 0.6 is 24.8 Å². The monoisotopic (exact) mass is 566 g/mol. The van der Waals surface area contributed by atoms with E-state index in [4.69, 9.17) is 0 Å². The summed E-state index contributed by atoms with van der Waals surface area (Å²) in [6.45, 7) is 10.8. The number of benzene rings is 3. The number of nitrogens with zero attached hydrogens (tertiary/aromatic N) is 2. The van der Waals surface area contributed by atoms with Crippen molar-refractivity contribution in [2.45, 2.75) is 72.0 Å². The van der Waals surface area contributed by atoms with E-state index in [-0.39, 0.29) is 24.8 Å². The number of hydrogen-bond donors (Lipinski definition) is 0. The molecule has 0 aromatic heterocycles. The van der Waals surface area contributed by atoms with Crippen molar-refractivity contribution in [3.8, 4) is 0 Å². The average molecular weight is 568 g/mol. The molecular formula is C34H44Cl2N2O. The highest BCUT2D eigenvalue weighted by molar-refractivity contribution is 5.96. The Hall–Kier alpha value is -2.17. The molecule has 0 atom stereocenters. The molecule has 1 saturated heterocycles. The highest BCUT2D eigenvalue weighted by Gasteiger charge is 2.22. The third kappa shape index (κ3) is 8.41. The number of piperidine rings is 1. The van der Waals surface area contributed by atoms with Gasteiger partial charge in [0.05, 0.1) is 0 Å². The Labute approximate surface area is 247 Å². The lowest BCUT2D eigenvalue weighted by Gasteiger charge is -2.32. The zero-order chi connectivity index (χ0) is 25.6. The van der Waals surface area contributed by atoms with Crippen molar-refractivity contribution < 1.29 is 4.79 Å². The standard InChI is InChI=1S/C34H42N2O.2ClH/c1-26-8-3-5-10-31(26)23-35-20-17-28(18-21-35)13-16-34(37)30-15-14-29-12-7-19-36(25-33(29)22-30)24-32-11-6-4-9-27(32)2;;/h3-6,8-11,14-15,22,28H,7,12-13,16-21,23-25H2,1-2H3;2*1H. The van der Waals surface area contributed by atoms with Crippen molar-refractivity contribution in [1.29, 1.82) is 0 Å². The second-order valence-electron chi connectivity index (χ2n) is 11.3. The van der Waals surface area contributed by atoms with Crippen LogP contribution in [0.3, 0.4) is 0 Å². The lowest BCUT2D eigenvalue weighted by molar-refractivity contribution is 0.0961. The van der Waals surface area contributed by atoms with Crippen LogP contribution in [0.15, 0.2) is 66.7 Å². The minimum atomic E-state index is 0. The molecule has 2 heterocycles. The first-order valence-corrected chi connectivity index (χ1v) is 14.2. The third-order valence-corrected chi connectivity index (χ3v) is 8.64. The zero-order valence-corrected chi connectivity index (χ0v) is 25.2. The number of hydrogen-bond acceptors (Lipinski definition) is 3. The molecule has 0 saturated carbocycles. The molecule has 0 N–H and O–H groups in total. The van der Waals surface area contributed by atoms with Crippen LogP contribution in [0.5, 0.6) is 0 Å². The van der Waals surface area contributed by atoms with Gasteiger partial charge in [-0.05, 0) is 111 Å². The van der Waals surface area contributed by atoms with E-state index in [1.165, 1.54) is 52.6 Å². The molecule has 0 unspecified atom stereocenters. The van der Waals surface area contributed by atoms with Crippen molar-refractivity contribution in [2.24, 2.45) is 5.92 Å². The van der Waals surface area contributed by atoms with Crippen LogP contribution in [0.4, 0.5) is 0 Å². The van der Waals surface area contributed by atoms with Crippen molar-refractivity contribution in [2.75, 3.05) is 19.6 Å². The number of carbonyl (C=O) groups excluding carboxylic acids is 1. The van der Waals surface area contributed by atoms with Crippen LogP contribution in [-0.4, -0.2) is 35.2 Å². The maximum absolute atomic E-state index is 13.2. The molecule has 0 bridgehead atoms. The van der Waals surface area contributed by atoms with Crippen LogP contribution < -0.4 is 0 Å². The van der Waals surface area contributed by atoms with Crippen molar-refractivity contribution in [3.05, 3.63) is 106 Å². The van der Waals surface area contributed by atoms with Crippen LogP contribution in [0.2, 0.25) is 0 Å². The quantitative estimate of drug-likeness (QED) is 0.258. The molecule has 3 nitrogen and oxygen atoms in total. The lowest BCUT2D eigenvalue weighted by Crippen LogP contribution is -2.33.